The maximum atomic E-state index is 13.1. The Hall–Kier alpha value is -1.91. The lowest BCUT2D eigenvalue weighted by atomic mass is 10.1. The van der Waals surface area contributed by atoms with Gasteiger partial charge in [-0.3, -0.25) is 9.51 Å². The average Bonchev–Trinajstić information content (AvgIpc) is 2.56. The Bertz CT molecular complexity index is 489. The summed E-state index contributed by atoms with van der Waals surface area (Å²) >= 11 is 0. The Balaban J connectivity index is 2.27. The Labute approximate surface area is 78.4 Å². The van der Waals surface area contributed by atoms with Crippen molar-refractivity contribution >= 4 is 0 Å². The fourth-order valence-electron chi connectivity index (χ4n) is 1.16. The summed E-state index contributed by atoms with van der Waals surface area (Å²) < 4.78 is 17.4. The van der Waals surface area contributed by atoms with E-state index in [1.165, 1.54) is 6.07 Å². The molecule has 2 rings (SSSR count). The van der Waals surface area contributed by atoms with Crippen LogP contribution in [0, 0.1) is 5.82 Å². The molecule has 1 aromatic carbocycles. The largest absolute Gasteiger partial charge is 0.438 e. The lowest BCUT2D eigenvalue weighted by molar-refractivity contribution is 0.382. The van der Waals surface area contributed by atoms with Crippen molar-refractivity contribution in [2.24, 2.45) is 0 Å². The van der Waals surface area contributed by atoms with Crippen LogP contribution in [0.5, 0.6) is 0 Å². The average molecular weight is 194 g/mol. The standard InChI is InChI=1S/C9H7FN2O2/c10-7-4-2-1-3-6(7)5-8-11-9(13)14-12-8/h1-4H,5H2,(H,11,12,13). The molecule has 4 nitrogen and oxygen atoms in total. The molecule has 0 saturated carbocycles. The number of aromatic nitrogens is 2. The van der Waals surface area contributed by atoms with Crippen LogP contribution >= 0.6 is 0 Å². The van der Waals surface area contributed by atoms with Crippen LogP contribution in [0.25, 0.3) is 0 Å². The van der Waals surface area contributed by atoms with Gasteiger partial charge in [0.2, 0.25) is 0 Å². The molecule has 0 aliphatic rings. The van der Waals surface area contributed by atoms with Crippen molar-refractivity contribution in [1.82, 2.24) is 10.1 Å². The van der Waals surface area contributed by atoms with Crippen LogP contribution in [-0.4, -0.2) is 10.1 Å². The second kappa shape index (κ2) is 3.45. The maximum absolute atomic E-state index is 13.1. The Morgan fingerprint density at radius 1 is 1.43 bits per heavy atom. The number of H-pyrrole nitrogens is 1. The van der Waals surface area contributed by atoms with Gasteiger partial charge in [-0.05, 0) is 11.6 Å². The van der Waals surface area contributed by atoms with E-state index in [1.807, 2.05) is 0 Å². The number of benzene rings is 1. The van der Waals surface area contributed by atoms with Crippen molar-refractivity contribution in [3.05, 3.63) is 52.0 Å². The molecular weight excluding hydrogens is 187 g/mol. The Morgan fingerprint density at radius 3 is 2.86 bits per heavy atom. The highest BCUT2D eigenvalue weighted by molar-refractivity contribution is 5.20. The van der Waals surface area contributed by atoms with E-state index in [0.29, 0.717) is 11.4 Å². The van der Waals surface area contributed by atoms with E-state index in [1.54, 1.807) is 18.2 Å². The van der Waals surface area contributed by atoms with Gasteiger partial charge in [-0.2, -0.15) is 0 Å². The number of hydrogen-bond donors (Lipinski definition) is 1. The van der Waals surface area contributed by atoms with Gasteiger partial charge in [0, 0.05) is 6.42 Å². The minimum atomic E-state index is -0.628. The third-order valence-electron chi connectivity index (χ3n) is 1.80. The minimum Gasteiger partial charge on any atom is -0.296 e. The van der Waals surface area contributed by atoms with Gasteiger partial charge in [-0.1, -0.05) is 23.4 Å². The van der Waals surface area contributed by atoms with E-state index in [2.05, 4.69) is 14.7 Å². The molecule has 5 heteroatoms. The number of aromatic amines is 1. The summed E-state index contributed by atoms with van der Waals surface area (Å²) in [5, 5.41) is 3.44. The Morgan fingerprint density at radius 2 is 2.21 bits per heavy atom. The summed E-state index contributed by atoms with van der Waals surface area (Å²) in [4.78, 5) is 12.9. The number of rotatable bonds is 2. The van der Waals surface area contributed by atoms with Gasteiger partial charge >= 0.3 is 5.76 Å². The van der Waals surface area contributed by atoms with Gasteiger partial charge in [0.15, 0.2) is 5.82 Å². The fraction of sp³-hybridized carbons (Fsp3) is 0.111. The topological polar surface area (TPSA) is 58.9 Å². The molecule has 0 amide bonds. The zero-order chi connectivity index (χ0) is 9.97. The highest BCUT2D eigenvalue weighted by Gasteiger charge is 2.05. The second-order valence-corrected chi connectivity index (χ2v) is 2.81. The predicted octanol–water partition coefficient (Wildman–Crippen LogP) is 1.09. The molecule has 0 aliphatic carbocycles. The van der Waals surface area contributed by atoms with E-state index < -0.39 is 5.76 Å². The maximum Gasteiger partial charge on any atom is 0.438 e. The van der Waals surface area contributed by atoms with E-state index in [9.17, 15) is 9.18 Å². The van der Waals surface area contributed by atoms with Gasteiger partial charge < -0.3 is 0 Å². The monoisotopic (exact) mass is 194 g/mol. The van der Waals surface area contributed by atoms with Gasteiger partial charge in [0.25, 0.3) is 0 Å². The van der Waals surface area contributed by atoms with Crippen LogP contribution in [0.3, 0.4) is 0 Å². The van der Waals surface area contributed by atoms with Crippen LogP contribution in [0.4, 0.5) is 4.39 Å². The zero-order valence-corrected chi connectivity index (χ0v) is 7.16. The molecule has 0 saturated heterocycles. The lowest BCUT2D eigenvalue weighted by Crippen LogP contribution is -1.99. The fourth-order valence-corrected chi connectivity index (χ4v) is 1.16. The molecule has 0 radical (unpaired) electrons. The van der Waals surface area contributed by atoms with E-state index in [0.717, 1.165) is 0 Å². The second-order valence-electron chi connectivity index (χ2n) is 2.81. The summed E-state index contributed by atoms with van der Waals surface area (Å²) in [5.74, 6) is -0.632. The van der Waals surface area contributed by atoms with E-state index in [-0.39, 0.29) is 12.2 Å². The van der Waals surface area contributed by atoms with Crippen molar-refractivity contribution < 1.29 is 8.91 Å². The van der Waals surface area contributed by atoms with Crippen molar-refractivity contribution in [2.45, 2.75) is 6.42 Å². The molecule has 0 unspecified atom stereocenters. The third-order valence-corrected chi connectivity index (χ3v) is 1.80. The van der Waals surface area contributed by atoms with Crippen LogP contribution in [0.2, 0.25) is 0 Å². The molecule has 0 spiro atoms. The third kappa shape index (κ3) is 1.71. The molecule has 0 aliphatic heterocycles. The van der Waals surface area contributed by atoms with Crippen molar-refractivity contribution in [3.63, 3.8) is 0 Å². The first-order valence-electron chi connectivity index (χ1n) is 4.04. The normalized spacial score (nSPS) is 10.4. The van der Waals surface area contributed by atoms with Crippen LogP contribution in [-0.2, 0) is 6.42 Å². The van der Waals surface area contributed by atoms with Crippen molar-refractivity contribution in [1.29, 1.82) is 0 Å². The predicted molar refractivity (Wildman–Crippen MR) is 46.3 cm³/mol. The number of nitrogens with one attached hydrogen (secondary N) is 1. The van der Waals surface area contributed by atoms with Crippen molar-refractivity contribution in [2.75, 3.05) is 0 Å². The van der Waals surface area contributed by atoms with Gasteiger partial charge in [-0.25, -0.2) is 9.18 Å². The smallest absolute Gasteiger partial charge is 0.296 e. The number of hydrogen-bond acceptors (Lipinski definition) is 3. The van der Waals surface area contributed by atoms with Gasteiger partial charge in [0.05, 0.1) is 0 Å². The number of nitrogens with zero attached hydrogens (tertiary/aromatic N) is 1. The van der Waals surface area contributed by atoms with Crippen LogP contribution in [0.1, 0.15) is 11.4 Å². The first kappa shape index (κ1) is 8.68. The summed E-state index contributed by atoms with van der Waals surface area (Å²) in [6.07, 6.45) is 0.221. The van der Waals surface area contributed by atoms with Gasteiger partial charge in [-0.15, -0.1) is 0 Å². The molecule has 1 aromatic heterocycles. The minimum absolute atomic E-state index is 0.221. The molecule has 72 valence electrons. The van der Waals surface area contributed by atoms with Gasteiger partial charge in [0.1, 0.15) is 5.82 Å². The first-order chi connectivity index (χ1) is 6.75. The highest BCUT2D eigenvalue weighted by atomic mass is 19.1. The highest BCUT2D eigenvalue weighted by Crippen LogP contribution is 2.09. The van der Waals surface area contributed by atoms with Crippen LogP contribution in [0.15, 0.2) is 33.6 Å². The number of halogens is 1. The van der Waals surface area contributed by atoms with E-state index >= 15 is 0 Å². The summed E-state index contributed by atoms with van der Waals surface area (Å²) in [7, 11) is 0. The molecular formula is C9H7FN2O2. The molecule has 0 fully saturated rings. The summed E-state index contributed by atoms with van der Waals surface area (Å²) in [6, 6.07) is 6.30. The quantitative estimate of drug-likeness (QED) is 0.778. The SMILES string of the molecule is O=c1[nH]c(Cc2ccccc2F)no1. The lowest BCUT2D eigenvalue weighted by Gasteiger charge is -1.97. The molecule has 0 atom stereocenters. The molecule has 1 N–H and O–H groups in total. The van der Waals surface area contributed by atoms with Crippen LogP contribution < -0.4 is 5.76 Å². The molecule has 2 aromatic rings. The summed E-state index contributed by atoms with van der Waals surface area (Å²) in [5.41, 5.74) is 0.469. The molecule has 1 heterocycles. The van der Waals surface area contributed by atoms with E-state index in [4.69, 9.17) is 0 Å². The Kier molecular flexibility index (Phi) is 2.14. The molecule has 14 heavy (non-hydrogen) atoms. The molecule has 0 bridgehead atoms. The zero-order valence-electron chi connectivity index (χ0n) is 7.16. The first-order valence-corrected chi connectivity index (χ1v) is 4.04. The summed E-state index contributed by atoms with van der Waals surface area (Å²) in [6.45, 7) is 0. The van der Waals surface area contributed by atoms with Crippen molar-refractivity contribution in [3.8, 4) is 0 Å².